The van der Waals surface area contributed by atoms with Gasteiger partial charge in [-0.1, -0.05) is 28.1 Å². The molecule has 88 valence electrons. The van der Waals surface area contributed by atoms with Crippen LogP contribution in [0.1, 0.15) is 18.1 Å². The van der Waals surface area contributed by atoms with E-state index in [0.29, 0.717) is 11.9 Å². The Morgan fingerprint density at radius 1 is 1.56 bits per heavy atom. The van der Waals surface area contributed by atoms with Gasteiger partial charge in [0, 0.05) is 11.9 Å². The summed E-state index contributed by atoms with van der Waals surface area (Å²) in [5, 5.41) is 0.660. The Kier molecular flexibility index (Phi) is 4.32. The van der Waals surface area contributed by atoms with Crippen molar-refractivity contribution < 1.29 is 13.9 Å². The third kappa shape index (κ3) is 3.03. The van der Waals surface area contributed by atoms with Gasteiger partial charge >= 0.3 is 0 Å². The molecule has 2 atom stereocenters. The predicted octanol–water partition coefficient (Wildman–Crippen LogP) is 3.07. The van der Waals surface area contributed by atoms with E-state index in [1.54, 1.807) is 6.07 Å². The maximum Gasteiger partial charge on any atom is 0.123 e. The molecule has 0 saturated carbocycles. The first-order valence-electron chi connectivity index (χ1n) is 5.34. The predicted molar refractivity (Wildman–Crippen MR) is 63.2 cm³/mol. The van der Waals surface area contributed by atoms with Gasteiger partial charge in [-0.15, -0.1) is 0 Å². The SMILES string of the molecule is Fc1cccc(C(CBr)OC2CCOC2)c1. The minimum atomic E-state index is -0.227. The van der Waals surface area contributed by atoms with E-state index in [2.05, 4.69) is 15.9 Å². The number of alkyl halides is 1. The van der Waals surface area contributed by atoms with Crippen LogP contribution < -0.4 is 0 Å². The van der Waals surface area contributed by atoms with Gasteiger partial charge in [-0.05, 0) is 24.1 Å². The largest absolute Gasteiger partial charge is 0.379 e. The Morgan fingerprint density at radius 2 is 2.44 bits per heavy atom. The zero-order valence-electron chi connectivity index (χ0n) is 8.86. The lowest BCUT2D eigenvalue weighted by atomic mass is 10.1. The molecule has 0 bridgehead atoms. The lowest BCUT2D eigenvalue weighted by molar-refractivity contribution is -0.00477. The Labute approximate surface area is 103 Å². The van der Waals surface area contributed by atoms with Crippen molar-refractivity contribution >= 4 is 15.9 Å². The second-order valence-corrected chi connectivity index (χ2v) is 4.47. The fourth-order valence-electron chi connectivity index (χ4n) is 1.76. The molecule has 0 N–H and O–H groups in total. The molecular formula is C12H14BrFO2. The summed E-state index contributed by atoms with van der Waals surface area (Å²) in [5.41, 5.74) is 0.865. The van der Waals surface area contributed by atoms with Gasteiger partial charge in [0.1, 0.15) is 5.82 Å². The number of rotatable bonds is 4. The molecule has 4 heteroatoms. The Balaban J connectivity index is 2.03. The van der Waals surface area contributed by atoms with E-state index in [-0.39, 0.29) is 18.0 Å². The maximum absolute atomic E-state index is 13.1. The molecule has 0 amide bonds. The van der Waals surface area contributed by atoms with Crippen LogP contribution in [-0.4, -0.2) is 24.6 Å². The normalized spacial score (nSPS) is 22.2. The number of ether oxygens (including phenoxy) is 2. The smallest absolute Gasteiger partial charge is 0.123 e. The van der Waals surface area contributed by atoms with Gasteiger partial charge < -0.3 is 9.47 Å². The molecule has 0 aromatic heterocycles. The fourth-order valence-corrected chi connectivity index (χ4v) is 2.29. The summed E-state index contributed by atoms with van der Waals surface area (Å²) in [7, 11) is 0. The van der Waals surface area contributed by atoms with Crippen LogP contribution in [-0.2, 0) is 9.47 Å². The topological polar surface area (TPSA) is 18.5 Å². The van der Waals surface area contributed by atoms with Gasteiger partial charge in [0.05, 0.1) is 18.8 Å². The average Bonchev–Trinajstić information content (AvgIpc) is 2.78. The molecule has 2 unspecified atom stereocenters. The van der Waals surface area contributed by atoms with E-state index >= 15 is 0 Å². The number of benzene rings is 1. The molecule has 1 heterocycles. The quantitative estimate of drug-likeness (QED) is 0.793. The molecule has 2 nitrogen and oxygen atoms in total. The summed E-state index contributed by atoms with van der Waals surface area (Å²) in [6.45, 7) is 1.39. The van der Waals surface area contributed by atoms with E-state index in [4.69, 9.17) is 9.47 Å². The van der Waals surface area contributed by atoms with Crippen LogP contribution in [0.5, 0.6) is 0 Å². The van der Waals surface area contributed by atoms with Gasteiger partial charge in [-0.3, -0.25) is 0 Å². The third-order valence-corrected chi connectivity index (χ3v) is 3.19. The molecular weight excluding hydrogens is 275 g/mol. The van der Waals surface area contributed by atoms with Crippen molar-refractivity contribution in [1.82, 2.24) is 0 Å². The summed E-state index contributed by atoms with van der Waals surface area (Å²) in [5.74, 6) is -0.227. The van der Waals surface area contributed by atoms with Crippen molar-refractivity contribution in [2.75, 3.05) is 18.5 Å². The molecule has 2 rings (SSSR count). The molecule has 1 fully saturated rings. The van der Waals surface area contributed by atoms with Crippen LogP contribution in [0.15, 0.2) is 24.3 Å². The fraction of sp³-hybridized carbons (Fsp3) is 0.500. The van der Waals surface area contributed by atoms with E-state index in [9.17, 15) is 4.39 Å². The van der Waals surface area contributed by atoms with Crippen LogP contribution in [0.2, 0.25) is 0 Å². The highest BCUT2D eigenvalue weighted by Gasteiger charge is 2.21. The zero-order chi connectivity index (χ0) is 11.4. The minimum absolute atomic E-state index is 0.109. The first kappa shape index (κ1) is 12.0. The number of hydrogen-bond donors (Lipinski definition) is 0. The highest BCUT2D eigenvalue weighted by molar-refractivity contribution is 9.09. The summed E-state index contributed by atoms with van der Waals surface area (Å²) in [4.78, 5) is 0. The Bertz CT molecular complexity index is 340. The van der Waals surface area contributed by atoms with Crippen molar-refractivity contribution in [2.45, 2.75) is 18.6 Å². The maximum atomic E-state index is 13.1. The van der Waals surface area contributed by atoms with Gasteiger partial charge in [0.15, 0.2) is 0 Å². The van der Waals surface area contributed by atoms with Crippen LogP contribution in [0.3, 0.4) is 0 Å². The van der Waals surface area contributed by atoms with E-state index in [1.165, 1.54) is 12.1 Å². The summed E-state index contributed by atoms with van der Waals surface area (Å²) in [6.07, 6.45) is 0.937. The average molecular weight is 289 g/mol. The second-order valence-electron chi connectivity index (χ2n) is 3.82. The van der Waals surface area contributed by atoms with Crippen molar-refractivity contribution in [3.63, 3.8) is 0 Å². The number of halogens is 2. The summed E-state index contributed by atoms with van der Waals surface area (Å²) < 4.78 is 24.2. The molecule has 0 aliphatic carbocycles. The van der Waals surface area contributed by atoms with E-state index in [0.717, 1.165) is 18.6 Å². The second kappa shape index (κ2) is 5.75. The molecule has 1 aromatic rings. The van der Waals surface area contributed by atoms with Crippen molar-refractivity contribution in [3.8, 4) is 0 Å². The van der Waals surface area contributed by atoms with Crippen molar-refractivity contribution in [2.24, 2.45) is 0 Å². The molecule has 1 aromatic carbocycles. The van der Waals surface area contributed by atoms with E-state index in [1.807, 2.05) is 6.07 Å². The number of hydrogen-bond acceptors (Lipinski definition) is 2. The first-order valence-corrected chi connectivity index (χ1v) is 6.46. The van der Waals surface area contributed by atoms with Gasteiger partial charge in [-0.2, -0.15) is 0 Å². The van der Waals surface area contributed by atoms with E-state index < -0.39 is 0 Å². The zero-order valence-corrected chi connectivity index (χ0v) is 10.5. The molecule has 0 spiro atoms. The molecule has 0 radical (unpaired) electrons. The highest BCUT2D eigenvalue weighted by atomic mass is 79.9. The molecule has 1 saturated heterocycles. The Hall–Kier alpha value is -0.450. The summed E-state index contributed by atoms with van der Waals surface area (Å²) in [6, 6.07) is 6.54. The third-order valence-electron chi connectivity index (χ3n) is 2.61. The molecule has 1 aliphatic heterocycles. The van der Waals surface area contributed by atoms with Crippen molar-refractivity contribution in [1.29, 1.82) is 0 Å². The monoisotopic (exact) mass is 288 g/mol. The summed E-state index contributed by atoms with van der Waals surface area (Å²) >= 11 is 3.40. The van der Waals surface area contributed by atoms with Gasteiger partial charge in [0.2, 0.25) is 0 Å². The minimum Gasteiger partial charge on any atom is -0.379 e. The lowest BCUT2D eigenvalue weighted by Crippen LogP contribution is -2.17. The van der Waals surface area contributed by atoms with Crippen molar-refractivity contribution in [3.05, 3.63) is 35.6 Å². The first-order chi connectivity index (χ1) is 7.79. The lowest BCUT2D eigenvalue weighted by Gasteiger charge is -2.19. The highest BCUT2D eigenvalue weighted by Crippen LogP contribution is 2.24. The van der Waals surface area contributed by atoms with Crippen LogP contribution in [0.25, 0.3) is 0 Å². The molecule has 16 heavy (non-hydrogen) atoms. The molecule has 1 aliphatic rings. The Morgan fingerprint density at radius 3 is 3.06 bits per heavy atom. The van der Waals surface area contributed by atoms with Gasteiger partial charge in [-0.25, -0.2) is 4.39 Å². The van der Waals surface area contributed by atoms with Gasteiger partial charge in [0.25, 0.3) is 0 Å². The van der Waals surface area contributed by atoms with Crippen LogP contribution in [0, 0.1) is 5.82 Å². The van der Waals surface area contributed by atoms with Crippen LogP contribution in [0.4, 0.5) is 4.39 Å². The van der Waals surface area contributed by atoms with Crippen LogP contribution >= 0.6 is 15.9 Å². The standard InChI is InChI=1S/C12H14BrFO2/c13-7-12(16-11-4-5-15-8-11)9-2-1-3-10(14)6-9/h1-3,6,11-12H,4-5,7-8H2.